The molecule has 1 fully saturated rings. The zero-order valence-electron chi connectivity index (χ0n) is 10.8. The smallest absolute Gasteiger partial charge is 0.223 e. The fraction of sp³-hybridized carbons (Fsp3) is 0.917. The number of nitrogens with zero attached hydrogens (tertiary/aromatic N) is 1. The molecule has 0 spiro atoms. The molecule has 0 saturated heterocycles. The predicted molar refractivity (Wildman–Crippen MR) is 62.7 cm³/mol. The molecule has 15 heavy (non-hydrogen) atoms. The Morgan fingerprint density at radius 1 is 1.20 bits per heavy atom. The van der Waals surface area contributed by atoms with Crippen molar-refractivity contribution in [3.8, 4) is 0 Å². The van der Waals surface area contributed by atoms with E-state index in [0.29, 0.717) is 23.3 Å². The van der Waals surface area contributed by atoms with Gasteiger partial charge >= 0.3 is 0 Å². The summed E-state index contributed by atoms with van der Waals surface area (Å²) in [5, 5.41) is 3.48. The van der Waals surface area contributed by atoms with Gasteiger partial charge in [-0.15, -0.1) is 0 Å². The Bertz CT molecular complexity index is 242. The summed E-state index contributed by atoms with van der Waals surface area (Å²) in [7, 11) is 3.60. The molecule has 0 bridgehead atoms. The highest BCUT2D eigenvalue weighted by Gasteiger charge is 2.64. The highest BCUT2D eigenvalue weighted by molar-refractivity contribution is 5.75. The lowest BCUT2D eigenvalue weighted by atomic mass is 10.0. The van der Waals surface area contributed by atoms with Crippen LogP contribution in [-0.2, 0) is 4.79 Å². The number of hydrogen-bond donors (Lipinski definition) is 1. The van der Waals surface area contributed by atoms with Crippen LogP contribution in [0.3, 0.4) is 0 Å². The molecule has 1 N–H and O–H groups in total. The SMILES string of the molecule is CN(C)C(=O)CCNC1C(C)(C)C1(C)C. The number of hydrogen-bond acceptors (Lipinski definition) is 2. The maximum absolute atomic E-state index is 11.4. The van der Waals surface area contributed by atoms with Crippen LogP contribution in [0.4, 0.5) is 0 Å². The van der Waals surface area contributed by atoms with Gasteiger partial charge in [-0.2, -0.15) is 0 Å². The van der Waals surface area contributed by atoms with E-state index in [1.165, 1.54) is 0 Å². The Morgan fingerprint density at radius 2 is 1.67 bits per heavy atom. The molecule has 1 amide bonds. The first-order chi connectivity index (χ1) is 6.71. The Morgan fingerprint density at radius 3 is 2.00 bits per heavy atom. The van der Waals surface area contributed by atoms with Crippen molar-refractivity contribution in [2.45, 2.75) is 40.2 Å². The van der Waals surface area contributed by atoms with Crippen LogP contribution in [0.1, 0.15) is 34.1 Å². The summed E-state index contributed by atoms with van der Waals surface area (Å²) in [6.07, 6.45) is 0.593. The summed E-state index contributed by atoms with van der Waals surface area (Å²) in [5.41, 5.74) is 0.711. The van der Waals surface area contributed by atoms with Crippen LogP contribution in [0.2, 0.25) is 0 Å². The third-order valence-corrected chi connectivity index (χ3v) is 4.21. The molecule has 1 aliphatic rings. The van der Waals surface area contributed by atoms with Gasteiger partial charge in [-0.25, -0.2) is 0 Å². The molecule has 0 aromatic rings. The van der Waals surface area contributed by atoms with E-state index in [9.17, 15) is 4.79 Å². The van der Waals surface area contributed by atoms with Gasteiger partial charge in [-0.1, -0.05) is 27.7 Å². The second-order valence-electron chi connectivity index (χ2n) is 5.87. The molecule has 1 aliphatic carbocycles. The van der Waals surface area contributed by atoms with E-state index >= 15 is 0 Å². The van der Waals surface area contributed by atoms with Crippen molar-refractivity contribution in [1.82, 2.24) is 10.2 Å². The highest BCUT2D eigenvalue weighted by Crippen LogP contribution is 2.62. The van der Waals surface area contributed by atoms with E-state index in [0.717, 1.165) is 6.54 Å². The molecule has 0 aromatic carbocycles. The lowest BCUT2D eigenvalue weighted by molar-refractivity contribution is -0.128. The van der Waals surface area contributed by atoms with Crippen LogP contribution >= 0.6 is 0 Å². The Kier molecular flexibility index (Phi) is 3.15. The number of amides is 1. The van der Waals surface area contributed by atoms with Crippen molar-refractivity contribution < 1.29 is 4.79 Å². The number of nitrogens with one attached hydrogen (secondary N) is 1. The molecule has 0 aromatic heterocycles. The number of carbonyl (C=O) groups excluding carboxylic acids is 1. The first-order valence-corrected chi connectivity index (χ1v) is 5.65. The molecule has 0 aliphatic heterocycles. The lowest BCUT2D eigenvalue weighted by Gasteiger charge is -2.11. The summed E-state index contributed by atoms with van der Waals surface area (Å²) in [6.45, 7) is 9.89. The molecule has 0 radical (unpaired) electrons. The van der Waals surface area contributed by atoms with Crippen molar-refractivity contribution in [2.75, 3.05) is 20.6 Å². The van der Waals surface area contributed by atoms with Crippen molar-refractivity contribution in [3.05, 3.63) is 0 Å². The van der Waals surface area contributed by atoms with E-state index in [1.807, 2.05) is 0 Å². The van der Waals surface area contributed by atoms with Crippen molar-refractivity contribution in [1.29, 1.82) is 0 Å². The average molecular weight is 212 g/mol. The summed E-state index contributed by atoms with van der Waals surface area (Å²) in [5.74, 6) is 0.193. The Labute approximate surface area is 93.2 Å². The third-order valence-electron chi connectivity index (χ3n) is 4.21. The summed E-state index contributed by atoms with van der Waals surface area (Å²) in [6, 6.07) is 0.542. The van der Waals surface area contributed by atoms with Gasteiger partial charge in [0.15, 0.2) is 0 Å². The maximum atomic E-state index is 11.4. The van der Waals surface area contributed by atoms with E-state index < -0.39 is 0 Å². The zero-order valence-corrected chi connectivity index (χ0v) is 10.8. The molecule has 0 atom stereocenters. The normalized spacial score (nSPS) is 22.5. The van der Waals surface area contributed by atoms with Gasteiger partial charge in [0.1, 0.15) is 0 Å². The second kappa shape index (κ2) is 3.78. The largest absolute Gasteiger partial charge is 0.349 e. The van der Waals surface area contributed by atoms with Gasteiger partial charge in [-0.3, -0.25) is 4.79 Å². The van der Waals surface area contributed by atoms with Crippen LogP contribution in [-0.4, -0.2) is 37.5 Å². The van der Waals surface area contributed by atoms with Gasteiger partial charge in [0.2, 0.25) is 5.91 Å². The van der Waals surface area contributed by atoms with Crippen LogP contribution in [0.5, 0.6) is 0 Å². The summed E-state index contributed by atoms with van der Waals surface area (Å²) in [4.78, 5) is 13.0. The van der Waals surface area contributed by atoms with Crippen molar-refractivity contribution in [2.24, 2.45) is 10.8 Å². The number of rotatable bonds is 4. The van der Waals surface area contributed by atoms with E-state index in [1.54, 1.807) is 19.0 Å². The van der Waals surface area contributed by atoms with Gasteiger partial charge < -0.3 is 10.2 Å². The monoisotopic (exact) mass is 212 g/mol. The molecule has 1 saturated carbocycles. The molecule has 3 heteroatoms. The maximum Gasteiger partial charge on any atom is 0.223 e. The van der Waals surface area contributed by atoms with E-state index in [2.05, 4.69) is 33.0 Å². The fourth-order valence-electron chi connectivity index (χ4n) is 2.25. The van der Waals surface area contributed by atoms with Crippen molar-refractivity contribution >= 4 is 5.91 Å². The quantitative estimate of drug-likeness (QED) is 0.765. The van der Waals surface area contributed by atoms with Gasteiger partial charge in [-0.05, 0) is 10.8 Å². The minimum atomic E-state index is 0.193. The number of carbonyl (C=O) groups is 1. The van der Waals surface area contributed by atoms with Gasteiger partial charge in [0.25, 0.3) is 0 Å². The zero-order chi connectivity index (χ0) is 11.9. The van der Waals surface area contributed by atoms with Gasteiger partial charge in [0, 0.05) is 33.1 Å². The predicted octanol–water partition coefficient (Wildman–Crippen LogP) is 1.49. The summed E-state index contributed by atoms with van der Waals surface area (Å²) >= 11 is 0. The minimum absolute atomic E-state index is 0.193. The molecule has 0 unspecified atom stereocenters. The van der Waals surface area contributed by atoms with Crippen LogP contribution in [0, 0.1) is 10.8 Å². The minimum Gasteiger partial charge on any atom is -0.349 e. The molecular formula is C12H24N2O. The molecule has 88 valence electrons. The van der Waals surface area contributed by atoms with Crippen LogP contribution < -0.4 is 5.32 Å². The van der Waals surface area contributed by atoms with Crippen molar-refractivity contribution in [3.63, 3.8) is 0 Å². The average Bonchev–Trinajstić information content (AvgIpc) is 2.46. The molecule has 3 nitrogen and oxygen atoms in total. The standard InChI is InChI=1S/C12H24N2O/c1-11(2)10(12(11,3)4)13-8-7-9(15)14(5)6/h10,13H,7-8H2,1-6H3. The third kappa shape index (κ3) is 2.17. The van der Waals surface area contributed by atoms with E-state index in [4.69, 9.17) is 0 Å². The first kappa shape index (κ1) is 12.5. The lowest BCUT2D eigenvalue weighted by Crippen LogP contribution is -2.29. The second-order valence-corrected chi connectivity index (χ2v) is 5.87. The van der Waals surface area contributed by atoms with Crippen LogP contribution in [0.15, 0.2) is 0 Å². The Balaban J connectivity index is 2.27. The topological polar surface area (TPSA) is 32.3 Å². The van der Waals surface area contributed by atoms with Crippen LogP contribution in [0.25, 0.3) is 0 Å². The van der Waals surface area contributed by atoms with E-state index in [-0.39, 0.29) is 5.91 Å². The first-order valence-electron chi connectivity index (χ1n) is 5.65. The molecular weight excluding hydrogens is 188 g/mol. The Hall–Kier alpha value is -0.570. The fourth-order valence-corrected chi connectivity index (χ4v) is 2.25. The molecule has 1 rings (SSSR count). The summed E-state index contributed by atoms with van der Waals surface area (Å²) < 4.78 is 0. The van der Waals surface area contributed by atoms with Gasteiger partial charge in [0.05, 0.1) is 0 Å². The molecule has 0 heterocycles. The highest BCUT2D eigenvalue weighted by atomic mass is 16.2.